The highest BCUT2D eigenvalue weighted by molar-refractivity contribution is 5.86. The Labute approximate surface area is 197 Å². The molecule has 1 aromatic carbocycles. The number of ether oxygens (including phenoxy) is 1. The molecule has 2 N–H and O–H groups in total. The van der Waals surface area contributed by atoms with E-state index in [1.165, 1.54) is 19.3 Å². The van der Waals surface area contributed by atoms with Gasteiger partial charge >= 0.3 is 0 Å². The van der Waals surface area contributed by atoms with Gasteiger partial charge in [0.2, 0.25) is 5.91 Å². The predicted molar refractivity (Wildman–Crippen MR) is 135 cm³/mol. The van der Waals surface area contributed by atoms with Crippen LogP contribution in [0.15, 0.2) is 24.3 Å². The van der Waals surface area contributed by atoms with Gasteiger partial charge in [-0.05, 0) is 82.9 Å². The van der Waals surface area contributed by atoms with Crippen molar-refractivity contribution in [2.75, 3.05) is 31.6 Å². The van der Waals surface area contributed by atoms with Crippen molar-refractivity contribution in [2.24, 2.45) is 5.92 Å². The van der Waals surface area contributed by atoms with Gasteiger partial charge in [0.1, 0.15) is 0 Å². The van der Waals surface area contributed by atoms with E-state index in [-0.39, 0.29) is 13.3 Å². The average Bonchev–Trinajstić information content (AvgIpc) is 2.83. The van der Waals surface area contributed by atoms with Gasteiger partial charge < -0.3 is 20.3 Å². The Kier molecular flexibility index (Phi) is 9.86. The van der Waals surface area contributed by atoms with Crippen LogP contribution >= 0.6 is 0 Å². The van der Waals surface area contributed by atoms with E-state index in [9.17, 15) is 4.79 Å². The van der Waals surface area contributed by atoms with Crippen LogP contribution < -0.4 is 10.6 Å². The first-order valence-corrected chi connectivity index (χ1v) is 13.1. The molecule has 3 atom stereocenters. The SMILES string of the molecule is CCOC1CCC(C2CC(C(=O)NCCCN(CC)C(C)CC)c3ccccc3N2)CC1.[HH]. The van der Waals surface area contributed by atoms with Gasteiger partial charge in [-0.1, -0.05) is 32.0 Å². The zero-order valence-electron chi connectivity index (χ0n) is 20.7. The van der Waals surface area contributed by atoms with E-state index in [1.807, 2.05) is 0 Å². The molecule has 5 nitrogen and oxygen atoms in total. The summed E-state index contributed by atoms with van der Waals surface area (Å²) in [6.07, 6.45) is 8.12. The van der Waals surface area contributed by atoms with Crippen LogP contribution in [0.25, 0.3) is 0 Å². The predicted octanol–water partition coefficient (Wildman–Crippen LogP) is 5.42. The maximum absolute atomic E-state index is 13.3. The Morgan fingerprint density at radius 3 is 2.66 bits per heavy atom. The van der Waals surface area contributed by atoms with Crippen molar-refractivity contribution in [3.05, 3.63) is 29.8 Å². The molecule has 5 heteroatoms. The summed E-state index contributed by atoms with van der Waals surface area (Å²) in [5, 5.41) is 7.04. The molecule has 0 radical (unpaired) electrons. The van der Waals surface area contributed by atoms with Crippen LogP contribution in [0.3, 0.4) is 0 Å². The molecule has 2 aliphatic rings. The van der Waals surface area contributed by atoms with Crippen LogP contribution in [0.5, 0.6) is 0 Å². The van der Waals surface area contributed by atoms with Crippen LogP contribution in [-0.2, 0) is 9.53 Å². The standard InChI is InChI=1S/C27H45N3O2.H2/c1-5-20(4)30(6-2)18-10-17-28-27(31)24-19-26(29-25-12-9-8-11-23(24)25)21-13-15-22(16-14-21)32-7-3;/h8-9,11-12,20-22,24,26,29H,5-7,10,13-19H2,1-4H3,(H,28,31);1H. The number of para-hydroxylation sites is 1. The number of nitrogens with one attached hydrogen (secondary N) is 2. The summed E-state index contributed by atoms with van der Waals surface area (Å²) >= 11 is 0. The molecule has 1 saturated carbocycles. The first-order chi connectivity index (χ1) is 15.6. The second-order valence-electron chi connectivity index (χ2n) is 9.65. The molecule has 0 saturated heterocycles. The van der Waals surface area contributed by atoms with Crippen molar-refractivity contribution >= 4 is 11.6 Å². The maximum atomic E-state index is 13.3. The van der Waals surface area contributed by atoms with Crippen LogP contribution in [-0.4, -0.2) is 55.2 Å². The van der Waals surface area contributed by atoms with Crippen LogP contribution in [0.4, 0.5) is 5.69 Å². The first kappa shape index (κ1) is 25.0. The lowest BCUT2D eigenvalue weighted by Crippen LogP contribution is -2.42. The van der Waals surface area contributed by atoms with Gasteiger partial charge in [-0.3, -0.25) is 4.79 Å². The van der Waals surface area contributed by atoms with Gasteiger partial charge in [-0.25, -0.2) is 0 Å². The summed E-state index contributed by atoms with van der Waals surface area (Å²) in [6, 6.07) is 9.35. The van der Waals surface area contributed by atoms with Crippen LogP contribution in [0.1, 0.15) is 85.5 Å². The van der Waals surface area contributed by atoms with E-state index in [2.05, 4.69) is 67.5 Å². The second-order valence-corrected chi connectivity index (χ2v) is 9.65. The number of rotatable bonds is 11. The number of amides is 1. The second kappa shape index (κ2) is 12.6. The maximum Gasteiger partial charge on any atom is 0.227 e. The molecule has 1 amide bonds. The van der Waals surface area contributed by atoms with Gasteiger partial charge in [0, 0.05) is 38.9 Å². The fraction of sp³-hybridized carbons (Fsp3) is 0.741. The fourth-order valence-electron chi connectivity index (χ4n) is 5.59. The molecule has 3 rings (SSSR count). The Bertz CT molecular complexity index is 708. The van der Waals surface area contributed by atoms with Gasteiger partial charge in [0.05, 0.1) is 12.0 Å². The fourth-order valence-corrected chi connectivity index (χ4v) is 5.59. The molecular weight excluding hydrogens is 398 g/mol. The Morgan fingerprint density at radius 2 is 1.97 bits per heavy atom. The van der Waals surface area contributed by atoms with Gasteiger partial charge in [-0.15, -0.1) is 0 Å². The third-order valence-corrected chi connectivity index (χ3v) is 7.72. The number of nitrogens with zero attached hydrogens (tertiary/aromatic N) is 1. The summed E-state index contributed by atoms with van der Waals surface area (Å²) in [4.78, 5) is 15.8. The summed E-state index contributed by atoms with van der Waals surface area (Å²) in [5.41, 5.74) is 2.30. The lowest BCUT2D eigenvalue weighted by molar-refractivity contribution is -0.123. The summed E-state index contributed by atoms with van der Waals surface area (Å²) in [6.45, 7) is 12.5. The number of fused-ring (bicyclic) bond motifs is 1. The van der Waals surface area contributed by atoms with Crippen molar-refractivity contribution in [3.8, 4) is 0 Å². The molecule has 0 spiro atoms. The van der Waals surface area contributed by atoms with Crippen molar-refractivity contribution in [1.29, 1.82) is 0 Å². The van der Waals surface area contributed by atoms with E-state index in [1.54, 1.807) is 0 Å². The molecule has 182 valence electrons. The normalized spacial score (nSPS) is 26.3. The van der Waals surface area contributed by atoms with Crippen LogP contribution in [0, 0.1) is 5.92 Å². The van der Waals surface area contributed by atoms with E-state index < -0.39 is 0 Å². The molecule has 0 aromatic heterocycles. The molecule has 1 aromatic rings. The number of anilines is 1. The lowest BCUT2D eigenvalue weighted by Gasteiger charge is -2.40. The quantitative estimate of drug-likeness (QED) is 0.446. The molecule has 1 aliphatic heterocycles. The highest BCUT2D eigenvalue weighted by Crippen LogP contribution is 2.40. The Morgan fingerprint density at radius 1 is 1.22 bits per heavy atom. The molecule has 0 bridgehead atoms. The van der Waals surface area contributed by atoms with Crippen molar-refractivity contribution in [2.45, 2.75) is 96.7 Å². The first-order valence-electron chi connectivity index (χ1n) is 13.1. The number of carbonyl (C=O) groups is 1. The largest absolute Gasteiger partial charge is 0.382 e. The number of hydrogen-bond donors (Lipinski definition) is 2. The molecule has 32 heavy (non-hydrogen) atoms. The summed E-state index contributed by atoms with van der Waals surface area (Å²) in [5.74, 6) is 0.751. The molecular formula is C27H47N3O2. The molecule has 1 heterocycles. The average molecular weight is 446 g/mol. The molecule has 1 aliphatic carbocycles. The van der Waals surface area contributed by atoms with Crippen molar-refractivity contribution in [3.63, 3.8) is 0 Å². The molecule has 1 fully saturated rings. The Hall–Kier alpha value is -1.59. The van der Waals surface area contributed by atoms with Crippen molar-refractivity contribution < 1.29 is 11.0 Å². The number of carbonyl (C=O) groups excluding carboxylic acids is 1. The third kappa shape index (κ3) is 6.48. The summed E-state index contributed by atoms with van der Waals surface area (Å²) in [7, 11) is 0. The van der Waals surface area contributed by atoms with Crippen molar-refractivity contribution in [1.82, 2.24) is 10.2 Å². The minimum absolute atomic E-state index is 0. The van der Waals surface area contributed by atoms with Gasteiger partial charge in [0.25, 0.3) is 0 Å². The number of benzene rings is 1. The monoisotopic (exact) mass is 445 g/mol. The highest BCUT2D eigenvalue weighted by Gasteiger charge is 2.36. The van der Waals surface area contributed by atoms with Gasteiger partial charge in [-0.2, -0.15) is 0 Å². The summed E-state index contributed by atoms with van der Waals surface area (Å²) < 4.78 is 5.85. The smallest absolute Gasteiger partial charge is 0.227 e. The molecule has 3 unspecified atom stereocenters. The zero-order chi connectivity index (χ0) is 22.9. The van der Waals surface area contributed by atoms with E-state index in [4.69, 9.17) is 4.74 Å². The topological polar surface area (TPSA) is 53.6 Å². The van der Waals surface area contributed by atoms with E-state index in [0.29, 0.717) is 24.1 Å². The minimum Gasteiger partial charge on any atom is -0.382 e. The van der Waals surface area contributed by atoms with Gasteiger partial charge in [0.15, 0.2) is 0 Å². The Balaban J connectivity index is 0.00000385. The minimum atomic E-state index is -0.0566. The van der Waals surface area contributed by atoms with E-state index in [0.717, 1.165) is 63.2 Å². The third-order valence-electron chi connectivity index (χ3n) is 7.72. The number of hydrogen-bond acceptors (Lipinski definition) is 4. The van der Waals surface area contributed by atoms with E-state index >= 15 is 0 Å². The van der Waals surface area contributed by atoms with Crippen LogP contribution in [0.2, 0.25) is 0 Å². The zero-order valence-corrected chi connectivity index (χ0v) is 20.7. The highest BCUT2D eigenvalue weighted by atomic mass is 16.5. The lowest BCUT2D eigenvalue weighted by atomic mass is 9.75.